The Morgan fingerprint density at radius 1 is 1.22 bits per heavy atom. The summed E-state index contributed by atoms with van der Waals surface area (Å²) in [5.74, 6) is 0. The molecular weight excluding hydrogens is 228 g/mol. The van der Waals surface area contributed by atoms with Gasteiger partial charge in [0.2, 0.25) is 0 Å². The molecule has 0 aliphatic heterocycles. The molecule has 0 unspecified atom stereocenters. The van der Waals surface area contributed by atoms with Crippen LogP contribution in [0.4, 0.5) is 0 Å². The fourth-order valence-corrected chi connectivity index (χ4v) is 2.19. The van der Waals surface area contributed by atoms with E-state index in [9.17, 15) is 4.79 Å². The molecule has 5 nitrogen and oxygen atoms in total. The van der Waals surface area contributed by atoms with Gasteiger partial charge < -0.3 is 15.8 Å². The van der Waals surface area contributed by atoms with E-state index in [1.807, 2.05) is 24.4 Å². The summed E-state index contributed by atoms with van der Waals surface area (Å²) in [6, 6.07) is 9.37. The fraction of sp³-hybridized carbons (Fsp3) is 0.154. The smallest absolute Gasteiger partial charge is 0.264 e. The SMILES string of the molecule is N[C@@H](Cc1c[nH]c2ccccc12)c1cc(=O)[nH][nH]1. The number of aromatic amines is 3. The lowest BCUT2D eigenvalue weighted by Gasteiger charge is -2.08. The van der Waals surface area contributed by atoms with Crippen LogP contribution in [0.5, 0.6) is 0 Å². The normalized spacial score (nSPS) is 12.9. The topological polar surface area (TPSA) is 90.5 Å². The van der Waals surface area contributed by atoms with E-state index in [1.54, 1.807) is 0 Å². The van der Waals surface area contributed by atoms with Gasteiger partial charge in [-0.25, -0.2) is 0 Å². The Morgan fingerprint density at radius 3 is 2.83 bits per heavy atom. The molecule has 5 N–H and O–H groups in total. The van der Waals surface area contributed by atoms with Gasteiger partial charge in [0.25, 0.3) is 5.56 Å². The van der Waals surface area contributed by atoms with Crippen molar-refractivity contribution in [2.75, 3.05) is 0 Å². The maximum atomic E-state index is 11.1. The molecule has 2 aromatic heterocycles. The number of aromatic nitrogens is 3. The molecule has 0 fully saturated rings. The molecule has 1 atom stereocenters. The van der Waals surface area contributed by atoms with Crippen LogP contribution in [-0.2, 0) is 6.42 Å². The maximum Gasteiger partial charge on any atom is 0.264 e. The molecule has 0 radical (unpaired) electrons. The lowest BCUT2D eigenvalue weighted by Crippen LogP contribution is -2.13. The number of nitrogens with one attached hydrogen (secondary N) is 3. The zero-order valence-electron chi connectivity index (χ0n) is 9.73. The molecule has 0 aliphatic carbocycles. The summed E-state index contributed by atoms with van der Waals surface area (Å²) < 4.78 is 0. The highest BCUT2D eigenvalue weighted by molar-refractivity contribution is 5.83. The van der Waals surface area contributed by atoms with Gasteiger partial charge in [-0.2, -0.15) is 0 Å². The van der Waals surface area contributed by atoms with Gasteiger partial charge >= 0.3 is 0 Å². The van der Waals surface area contributed by atoms with Crippen LogP contribution >= 0.6 is 0 Å². The van der Waals surface area contributed by atoms with Gasteiger partial charge in [-0.15, -0.1) is 0 Å². The molecule has 0 saturated carbocycles. The fourth-order valence-electron chi connectivity index (χ4n) is 2.19. The van der Waals surface area contributed by atoms with Crippen LogP contribution < -0.4 is 11.3 Å². The highest BCUT2D eigenvalue weighted by Gasteiger charge is 2.12. The van der Waals surface area contributed by atoms with Crippen molar-refractivity contribution in [1.29, 1.82) is 0 Å². The quantitative estimate of drug-likeness (QED) is 0.559. The Labute approximate surface area is 103 Å². The minimum absolute atomic E-state index is 0.153. The summed E-state index contributed by atoms with van der Waals surface area (Å²) >= 11 is 0. The number of hydrogen-bond acceptors (Lipinski definition) is 2. The van der Waals surface area contributed by atoms with Gasteiger partial charge in [0.15, 0.2) is 0 Å². The summed E-state index contributed by atoms with van der Waals surface area (Å²) in [6.07, 6.45) is 2.65. The Balaban J connectivity index is 1.90. The van der Waals surface area contributed by atoms with Crippen molar-refractivity contribution in [3.05, 3.63) is 58.1 Å². The number of rotatable bonds is 3. The van der Waals surface area contributed by atoms with E-state index in [-0.39, 0.29) is 11.6 Å². The molecule has 92 valence electrons. The summed E-state index contributed by atoms with van der Waals surface area (Å²) in [4.78, 5) is 14.3. The van der Waals surface area contributed by atoms with Crippen LogP contribution in [0.1, 0.15) is 17.3 Å². The molecule has 0 amide bonds. The van der Waals surface area contributed by atoms with Crippen molar-refractivity contribution in [1.82, 2.24) is 15.2 Å². The van der Waals surface area contributed by atoms with Gasteiger partial charge in [0.1, 0.15) is 0 Å². The highest BCUT2D eigenvalue weighted by atomic mass is 16.1. The Kier molecular flexibility index (Phi) is 2.53. The first-order valence-electron chi connectivity index (χ1n) is 5.82. The molecule has 3 aromatic rings. The third kappa shape index (κ3) is 1.84. The van der Waals surface area contributed by atoms with E-state index in [4.69, 9.17) is 5.73 Å². The molecule has 5 heteroatoms. The van der Waals surface area contributed by atoms with Crippen LogP contribution in [0.25, 0.3) is 10.9 Å². The first-order valence-corrected chi connectivity index (χ1v) is 5.82. The van der Waals surface area contributed by atoms with E-state index in [1.165, 1.54) is 11.5 Å². The van der Waals surface area contributed by atoms with Gasteiger partial charge in [0, 0.05) is 23.2 Å². The minimum atomic E-state index is -0.219. The molecule has 0 saturated heterocycles. The number of para-hydroxylation sites is 1. The van der Waals surface area contributed by atoms with E-state index < -0.39 is 0 Å². The first kappa shape index (κ1) is 10.9. The van der Waals surface area contributed by atoms with Crippen LogP contribution in [-0.4, -0.2) is 15.2 Å². The van der Waals surface area contributed by atoms with Crippen molar-refractivity contribution in [2.24, 2.45) is 5.73 Å². The minimum Gasteiger partial charge on any atom is -0.361 e. The van der Waals surface area contributed by atoms with Crippen molar-refractivity contribution >= 4 is 10.9 Å². The standard InChI is InChI=1S/C13H14N4O/c14-10(12-6-13(18)17-16-12)5-8-7-15-11-4-2-1-3-9(8)11/h1-4,6-7,10,15H,5,14H2,(H2,16,17,18)/t10-/m0/s1. The van der Waals surface area contributed by atoms with Crippen LogP contribution in [0.2, 0.25) is 0 Å². The third-order valence-corrected chi connectivity index (χ3v) is 3.13. The van der Waals surface area contributed by atoms with Crippen LogP contribution in [0.15, 0.2) is 41.3 Å². The Morgan fingerprint density at radius 2 is 2.06 bits per heavy atom. The van der Waals surface area contributed by atoms with Gasteiger partial charge in [-0.1, -0.05) is 18.2 Å². The highest BCUT2D eigenvalue weighted by Crippen LogP contribution is 2.21. The number of H-pyrrole nitrogens is 3. The average Bonchev–Trinajstić information content (AvgIpc) is 2.97. The molecule has 0 aliphatic rings. The predicted octanol–water partition coefficient (Wildman–Crippen LogP) is 1.43. The second kappa shape index (κ2) is 4.19. The third-order valence-electron chi connectivity index (χ3n) is 3.13. The summed E-state index contributed by atoms with van der Waals surface area (Å²) in [6.45, 7) is 0. The lowest BCUT2D eigenvalue weighted by atomic mass is 10.0. The molecule has 1 aromatic carbocycles. The number of benzene rings is 1. The Hall–Kier alpha value is -2.27. The Bertz CT molecular complexity index is 722. The summed E-state index contributed by atoms with van der Waals surface area (Å²) in [7, 11) is 0. The zero-order chi connectivity index (χ0) is 12.5. The van der Waals surface area contributed by atoms with E-state index in [2.05, 4.69) is 21.2 Å². The molecule has 0 bridgehead atoms. The molecule has 18 heavy (non-hydrogen) atoms. The molecule has 0 spiro atoms. The monoisotopic (exact) mass is 242 g/mol. The van der Waals surface area contributed by atoms with Crippen LogP contribution in [0, 0.1) is 0 Å². The van der Waals surface area contributed by atoms with Gasteiger partial charge in [-0.3, -0.25) is 9.89 Å². The maximum absolute atomic E-state index is 11.1. The van der Waals surface area contributed by atoms with Crippen molar-refractivity contribution < 1.29 is 0 Å². The zero-order valence-corrected chi connectivity index (χ0v) is 9.73. The van der Waals surface area contributed by atoms with Gasteiger partial charge in [0.05, 0.1) is 11.7 Å². The van der Waals surface area contributed by atoms with Crippen molar-refractivity contribution in [3.8, 4) is 0 Å². The molecular formula is C13H14N4O. The first-order chi connectivity index (χ1) is 8.74. The number of nitrogens with two attached hydrogens (primary N) is 1. The predicted molar refractivity (Wildman–Crippen MR) is 70.3 cm³/mol. The second-order valence-electron chi connectivity index (χ2n) is 4.38. The van der Waals surface area contributed by atoms with E-state index in [0.29, 0.717) is 6.42 Å². The number of hydrogen-bond donors (Lipinski definition) is 4. The molecule has 3 rings (SSSR count). The number of fused-ring (bicyclic) bond motifs is 1. The van der Waals surface area contributed by atoms with E-state index in [0.717, 1.165) is 16.8 Å². The van der Waals surface area contributed by atoms with E-state index >= 15 is 0 Å². The second-order valence-corrected chi connectivity index (χ2v) is 4.38. The van der Waals surface area contributed by atoms with Crippen molar-refractivity contribution in [3.63, 3.8) is 0 Å². The summed E-state index contributed by atoms with van der Waals surface area (Å²) in [5.41, 5.74) is 8.91. The lowest BCUT2D eigenvalue weighted by molar-refractivity contribution is 0.695. The largest absolute Gasteiger partial charge is 0.361 e. The molecule has 2 heterocycles. The summed E-state index contributed by atoms with van der Waals surface area (Å²) in [5, 5.41) is 6.46. The van der Waals surface area contributed by atoms with Crippen molar-refractivity contribution in [2.45, 2.75) is 12.5 Å². The average molecular weight is 242 g/mol. The van der Waals surface area contributed by atoms with Gasteiger partial charge in [-0.05, 0) is 18.1 Å². The van der Waals surface area contributed by atoms with Crippen LogP contribution in [0.3, 0.4) is 0 Å².